The van der Waals surface area contributed by atoms with E-state index in [0.717, 1.165) is 0 Å². The fraction of sp³-hybridized carbons (Fsp3) is 0. The van der Waals surface area contributed by atoms with Crippen LogP contribution >= 0.6 is 39.7 Å². The van der Waals surface area contributed by atoms with E-state index in [2.05, 4.69) is 0 Å². The van der Waals surface area contributed by atoms with Crippen molar-refractivity contribution < 1.29 is 0 Å². The molecule has 0 aromatic rings. The van der Waals surface area contributed by atoms with Crippen LogP contribution in [0.25, 0.3) is 0 Å². The maximum atomic E-state index is 4.87. The Balaban J connectivity index is 0. The minimum Gasteiger partial charge on any atom is -0.0596 e. The fourth-order valence-corrected chi connectivity index (χ4v) is 0. The molecule has 0 spiro atoms. The van der Waals surface area contributed by atoms with Crippen LogP contribution < -0.4 is 0 Å². The largest absolute Gasteiger partial charge is 0.179 e. The van der Waals surface area contributed by atoms with Crippen molar-refractivity contribution in [2.75, 3.05) is 0 Å². The quantitative estimate of drug-likeness (QED) is 0.581. The summed E-state index contributed by atoms with van der Waals surface area (Å²) >= 11 is 14.6. The molecule has 0 fully saturated rings. The first-order valence-electron chi connectivity index (χ1n) is 0.507. The first-order valence-corrected chi connectivity index (χ1v) is 4.56. The van der Waals surface area contributed by atoms with E-state index in [1.807, 2.05) is 0 Å². The molecule has 3 radical (unpaired) electrons. The standard InChI is InChI=1S/Cl3P.In/c1-4(2)3;. The summed E-state index contributed by atoms with van der Waals surface area (Å²) in [6.45, 7) is 0. The summed E-state index contributed by atoms with van der Waals surface area (Å²) in [5.41, 5.74) is 0. The summed E-state index contributed by atoms with van der Waals surface area (Å²) < 4.78 is 0. The molecule has 0 saturated carbocycles. The van der Waals surface area contributed by atoms with Crippen LogP contribution in [-0.4, -0.2) is 25.8 Å². The average molecular weight is 252 g/mol. The Morgan fingerprint density at radius 2 is 1.00 bits per heavy atom. The maximum Gasteiger partial charge on any atom is 0.179 e. The zero-order valence-electron chi connectivity index (χ0n) is 2.16. The van der Waals surface area contributed by atoms with E-state index in [1.54, 1.807) is 0 Å². The van der Waals surface area contributed by atoms with Gasteiger partial charge in [-0.05, 0) is 0 Å². The van der Waals surface area contributed by atoms with E-state index in [-0.39, 0.29) is 25.8 Å². The molecule has 0 aliphatic rings. The Kier molecular flexibility index (Phi) is 12.6. The van der Waals surface area contributed by atoms with Gasteiger partial charge in [0.2, 0.25) is 0 Å². The molecule has 0 aromatic heterocycles. The summed E-state index contributed by atoms with van der Waals surface area (Å²) in [5, 5.41) is 0. The van der Waals surface area contributed by atoms with Gasteiger partial charge >= 0.3 is 0 Å². The molecule has 0 aromatic carbocycles. The van der Waals surface area contributed by atoms with Crippen LogP contribution in [0.15, 0.2) is 0 Å². The molecule has 0 amide bonds. The van der Waals surface area contributed by atoms with Crippen LogP contribution in [-0.2, 0) is 0 Å². The molecule has 0 heterocycles. The summed E-state index contributed by atoms with van der Waals surface area (Å²) in [6.07, 6.45) is 0. The van der Waals surface area contributed by atoms with Gasteiger partial charge in [0.05, 0.1) is 0 Å². The topological polar surface area (TPSA) is 0 Å². The summed E-state index contributed by atoms with van der Waals surface area (Å²) in [4.78, 5) is 0. The Hall–Kier alpha value is 2.17. The van der Waals surface area contributed by atoms with Gasteiger partial charge in [0, 0.05) is 25.8 Å². The molecular weight excluding hydrogens is 252 g/mol. The minimum atomic E-state index is -1.20. The third-order valence-corrected chi connectivity index (χ3v) is 0. The zero-order chi connectivity index (χ0) is 3.58. The van der Waals surface area contributed by atoms with Crippen LogP contribution in [0.4, 0.5) is 0 Å². The average Bonchev–Trinajstić information content (AvgIpc) is 0.811. The Bertz CT molecular complexity index is 11.6. The van der Waals surface area contributed by atoms with Crippen molar-refractivity contribution >= 4 is 65.5 Å². The fourth-order valence-electron chi connectivity index (χ4n) is 0. The van der Waals surface area contributed by atoms with Crippen LogP contribution in [0.2, 0.25) is 0 Å². The van der Waals surface area contributed by atoms with Crippen molar-refractivity contribution in [3.63, 3.8) is 0 Å². The molecule has 0 aliphatic carbocycles. The van der Waals surface area contributed by atoms with Crippen molar-refractivity contribution in [1.82, 2.24) is 0 Å². The monoisotopic (exact) mass is 251 g/mol. The SMILES string of the molecule is ClP(Cl)Cl.[In]. The molecule has 0 atom stereocenters. The molecule has 0 saturated heterocycles. The summed E-state index contributed by atoms with van der Waals surface area (Å²) in [7, 11) is 0. The second-order valence-corrected chi connectivity index (χ2v) is 5.17. The number of hydrogen-bond donors (Lipinski definition) is 0. The predicted molar refractivity (Wildman–Crippen MR) is 30.2 cm³/mol. The molecule has 0 rings (SSSR count). The van der Waals surface area contributed by atoms with Crippen molar-refractivity contribution in [1.29, 1.82) is 0 Å². The summed E-state index contributed by atoms with van der Waals surface area (Å²) in [6, 6.07) is 0. The molecule has 0 aliphatic heterocycles. The first kappa shape index (κ1) is 10.2. The Labute approximate surface area is 65.1 Å². The van der Waals surface area contributed by atoms with E-state index in [4.69, 9.17) is 33.7 Å². The minimum absolute atomic E-state index is 0. The maximum absolute atomic E-state index is 4.87. The van der Waals surface area contributed by atoms with Gasteiger partial charge in [-0.25, -0.2) is 0 Å². The molecule has 0 unspecified atom stereocenters. The molecule has 0 bridgehead atoms. The van der Waals surface area contributed by atoms with E-state index in [0.29, 0.717) is 0 Å². The molecular formula is Cl3InP. The van der Waals surface area contributed by atoms with E-state index in [1.165, 1.54) is 0 Å². The third kappa shape index (κ3) is 22.8. The second kappa shape index (κ2) is 6.17. The van der Waals surface area contributed by atoms with Gasteiger partial charge in [0.15, 0.2) is 5.98 Å². The van der Waals surface area contributed by atoms with Crippen LogP contribution in [0, 0.1) is 0 Å². The van der Waals surface area contributed by atoms with E-state index < -0.39 is 5.98 Å². The van der Waals surface area contributed by atoms with Crippen molar-refractivity contribution in [3.8, 4) is 0 Å². The normalized spacial score (nSPS) is 7.20. The molecule has 5 heteroatoms. The second-order valence-electron chi connectivity index (χ2n) is 0.192. The molecule has 0 N–H and O–H groups in total. The molecule has 0 nitrogen and oxygen atoms in total. The van der Waals surface area contributed by atoms with Crippen LogP contribution in [0.3, 0.4) is 0 Å². The van der Waals surface area contributed by atoms with Gasteiger partial charge in [0.1, 0.15) is 0 Å². The number of rotatable bonds is 0. The van der Waals surface area contributed by atoms with Crippen LogP contribution in [0.5, 0.6) is 0 Å². The zero-order valence-corrected chi connectivity index (χ0v) is 8.62. The van der Waals surface area contributed by atoms with Gasteiger partial charge < -0.3 is 0 Å². The number of hydrogen-bond acceptors (Lipinski definition) is 0. The van der Waals surface area contributed by atoms with Gasteiger partial charge in [-0.3, -0.25) is 0 Å². The van der Waals surface area contributed by atoms with Crippen molar-refractivity contribution in [2.45, 2.75) is 0 Å². The third-order valence-electron chi connectivity index (χ3n) is 0. The smallest absolute Gasteiger partial charge is 0.0596 e. The van der Waals surface area contributed by atoms with E-state index >= 15 is 0 Å². The van der Waals surface area contributed by atoms with Gasteiger partial charge in [-0.1, -0.05) is 33.7 Å². The molecule has 5 heavy (non-hydrogen) atoms. The van der Waals surface area contributed by atoms with Gasteiger partial charge in [0.25, 0.3) is 0 Å². The van der Waals surface area contributed by atoms with Gasteiger partial charge in [-0.15, -0.1) is 0 Å². The summed E-state index contributed by atoms with van der Waals surface area (Å²) in [5.74, 6) is -1.20. The number of halogens is 3. The van der Waals surface area contributed by atoms with Crippen molar-refractivity contribution in [3.05, 3.63) is 0 Å². The van der Waals surface area contributed by atoms with Crippen molar-refractivity contribution in [2.24, 2.45) is 0 Å². The first-order chi connectivity index (χ1) is 1.73. The molecule has 29 valence electrons. The Morgan fingerprint density at radius 1 is 1.00 bits per heavy atom. The predicted octanol–water partition coefficient (Wildman–Crippen LogP) is 2.55. The van der Waals surface area contributed by atoms with Gasteiger partial charge in [-0.2, -0.15) is 0 Å². The Morgan fingerprint density at radius 3 is 1.00 bits per heavy atom. The van der Waals surface area contributed by atoms with E-state index in [9.17, 15) is 0 Å². The van der Waals surface area contributed by atoms with Crippen LogP contribution in [0.1, 0.15) is 0 Å².